The lowest BCUT2D eigenvalue weighted by atomic mass is 9.71. The summed E-state index contributed by atoms with van der Waals surface area (Å²) in [6, 6.07) is 0. The minimum atomic E-state index is -0.550. The maximum Gasteiger partial charge on any atom is 0.309 e. The standard InChI is InChI=1S/C13H24O2/c1-11(2)7-6-10-13(12(14)15)8-4-3-5-9-13/h11H,3-10H2,1-2H3,(H,14,15). The average molecular weight is 212 g/mol. The summed E-state index contributed by atoms with van der Waals surface area (Å²) in [5.41, 5.74) is -0.368. The van der Waals surface area contributed by atoms with Crippen molar-refractivity contribution in [2.75, 3.05) is 0 Å². The van der Waals surface area contributed by atoms with Crippen LogP contribution in [0.15, 0.2) is 0 Å². The molecule has 0 atom stereocenters. The quantitative estimate of drug-likeness (QED) is 0.751. The molecule has 2 heteroatoms. The van der Waals surface area contributed by atoms with Crippen LogP contribution in [0.25, 0.3) is 0 Å². The molecule has 0 unspecified atom stereocenters. The zero-order chi connectivity index (χ0) is 11.3. The molecule has 0 spiro atoms. The molecule has 0 bridgehead atoms. The Bertz CT molecular complexity index is 203. The highest BCUT2D eigenvalue weighted by Crippen LogP contribution is 2.41. The smallest absolute Gasteiger partial charge is 0.309 e. The van der Waals surface area contributed by atoms with Gasteiger partial charge < -0.3 is 5.11 Å². The molecule has 0 aromatic heterocycles. The van der Waals surface area contributed by atoms with Crippen LogP contribution in [-0.4, -0.2) is 11.1 Å². The largest absolute Gasteiger partial charge is 0.481 e. The molecule has 0 aromatic carbocycles. The van der Waals surface area contributed by atoms with Crippen molar-refractivity contribution in [2.24, 2.45) is 11.3 Å². The van der Waals surface area contributed by atoms with E-state index in [1.807, 2.05) is 0 Å². The first-order valence-electron chi connectivity index (χ1n) is 6.30. The Labute approximate surface area is 93.1 Å². The molecule has 1 aliphatic rings. The van der Waals surface area contributed by atoms with Gasteiger partial charge in [-0.3, -0.25) is 4.79 Å². The summed E-state index contributed by atoms with van der Waals surface area (Å²) in [5, 5.41) is 9.35. The fourth-order valence-corrected chi connectivity index (χ4v) is 2.65. The molecule has 2 nitrogen and oxygen atoms in total. The van der Waals surface area contributed by atoms with Gasteiger partial charge in [0.1, 0.15) is 0 Å². The van der Waals surface area contributed by atoms with Crippen LogP contribution in [0.4, 0.5) is 0 Å². The molecule has 0 aliphatic heterocycles. The topological polar surface area (TPSA) is 37.3 Å². The second-order valence-corrected chi connectivity index (χ2v) is 5.43. The number of carboxylic acids is 1. The normalized spacial score (nSPS) is 20.5. The molecule has 0 amide bonds. The summed E-state index contributed by atoms with van der Waals surface area (Å²) in [6.45, 7) is 4.41. The minimum absolute atomic E-state index is 0.368. The molecule has 1 N–H and O–H groups in total. The first kappa shape index (κ1) is 12.5. The summed E-state index contributed by atoms with van der Waals surface area (Å²) in [4.78, 5) is 11.4. The highest BCUT2D eigenvalue weighted by molar-refractivity contribution is 5.74. The molecular formula is C13H24O2. The number of rotatable bonds is 5. The lowest BCUT2D eigenvalue weighted by molar-refractivity contribution is -0.151. The average Bonchev–Trinajstić information content (AvgIpc) is 2.18. The SMILES string of the molecule is CC(C)CCCC1(C(=O)O)CCCCC1. The molecule has 1 saturated carbocycles. The third kappa shape index (κ3) is 3.51. The number of hydrogen-bond donors (Lipinski definition) is 1. The van der Waals surface area contributed by atoms with Crippen molar-refractivity contribution in [3.8, 4) is 0 Å². The zero-order valence-corrected chi connectivity index (χ0v) is 10.1. The van der Waals surface area contributed by atoms with E-state index in [1.165, 1.54) is 6.42 Å². The van der Waals surface area contributed by atoms with E-state index in [0.717, 1.165) is 44.9 Å². The molecule has 1 fully saturated rings. The van der Waals surface area contributed by atoms with Crippen molar-refractivity contribution in [3.63, 3.8) is 0 Å². The Balaban J connectivity index is 2.46. The molecule has 0 aromatic rings. The van der Waals surface area contributed by atoms with E-state index in [9.17, 15) is 9.90 Å². The highest BCUT2D eigenvalue weighted by Gasteiger charge is 2.38. The number of hydrogen-bond acceptors (Lipinski definition) is 1. The molecule has 0 heterocycles. The number of carbonyl (C=O) groups is 1. The van der Waals surface area contributed by atoms with E-state index in [1.54, 1.807) is 0 Å². The predicted molar refractivity (Wildman–Crippen MR) is 61.8 cm³/mol. The predicted octanol–water partition coefficient (Wildman–Crippen LogP) is 3.85. The zero-order valence-electron chi connectivity index (χ0n) is 10.1. The van der Waals surface area contributed by atoms with Crippen LogP contribution in [0.5, 0.6) is 0 Å². The number of carboxylic acid groups (broad SMARTS) is 1. The van der Waals surface area contributed by atoms with Crippen LogP contribution in [0, 0.1) is 11.3 Å². The van der Waals surface area contributed by atoms with Crippen LogP contribution in [0.3, 0.4) is 0 Å². The molecule has 0 radical (unpaired) electrons. The van der Waals surface area contributed by atoms with Crippen LogP contribution in [0.2, 0.25) is 0 Å². The van der Waals surface area contributed by atoms with Crippen molar-refractivity contribution in [1.82, 2.24) is 0 Å². The number of aliphatic carboxylic acids is 1. The van der Waals surface area contributed by atoms with Crippen molar-refractivity contribution >= 4 is 5.97 Å². The summed E-state index contributed by atoms with van der Waals surface area (Å²) >= 11 is 0. The van der Waals surface area contributed by atoms with Gasteiger partial charge in [0.2, 0.25) is 0 Å². The van der Waals surface area contributed by atoms with Gasteiger partial charge in [0.15, 0.2) is 0 Å². The van der Waals surface area contributed by atoms with Gasteiger partial charge in [0.05, 0.1) is 5.41 Å². The first-order valence-corrected chi connectivity index (χ1v) is 6.30. The van der Waals surface area contributed by atoms with E-state index >= 15 is 0 Å². The van der Waals surface area contributed by atoms with E-state index in [-0.39, 0.29) is 5.41 Å². The second-order valence-electron chi connectivity index (χ2n) is 5.43. The summed E-state index contributed by atoms with van der Waals surface area (Å²) < 4.78 is 0. The Hall–Kier alpha value is -0.530. The van der Waals surface area contributed by atoms with Crippen LogP contribution < -0.4 is 0 Å². The van der Waals surface area contributed by atoms with E-state index in [2.05, 4.69) is 13.8 Å². The molecule has 15 heavy (non-hydrogen) atoms. The van der Waals surface area contributed by atoms with Crippen LogP contribution in [-0.2, 0) is 4.79 Å². The fourth-order valence-electron chi connectivity index (χ4n) is 2.65. The van der Waals surface area contributed by atoms with Crippen molar-refractivity contribution < 1.29 is 9.90 Å². The first-order chi connectivity index (χ1) is 7.07. The van der Waals surface area contributed by atoms with E-state index in [0.29, 0.717) is 5.92 Å². The molecule has 0 saturated heterocycles. The Morgan fingerprint density at radius 1 is 1.27 bits per heavy atom. The van der Waals surface area contributed by atoms with Crippen LogP contribution in [0.1, 0.15) is 65.2 Å². The van der Waals surface area contributed by atoms with E-state index < -0.39 is 5.97 Å². The third-order valence-electron chi connectivity index (χ3n) is 3.70. The fraction of sp³-hybridized carbons (Fsp3) is 0.923. The minimum Gasteiger partial charge on any atom is -0.481 e. The van der Waals surface area contributed by atoms with Gasteiger partial charge in [0, 0.05) is 0 Å². The van der Waals surface area contributed by atoms with Gasteiger partial charge in [-0.25, -0.2) is 0 Å². The summed E-state index contributed by atoms with van der Waals surface area (Å²) in [6.07, 6.45) is 8.36. The second kappa shape index (κ2) is 5.53. The molecule has 1 rings (SSSR count). The Morgan fingerprint density at radius 3 is 2.33 bits per heavy atom. The third-order valence-corrected chi connectivity index (χ3v) is 3.70. The highest BCUT2D eigenvalue weighted by atomic mass is 16.4. The van der Waals surface area contributed by atoms with E-state index in [4.69, 9.17) is 0 Å². The molecule has 88 valence electrons. The van der Waals surface area contributed by atoms with Crippen molar-refractivity contribution in [1.29, 1.82) is 0 Å². The summed E-state index contributed by atoms with van der Waals surface area (Å²) in [7, 11) is 0. The van der Waals surface area contributed by atoms with Crippen molar-refractivity contribution in [2.45, 2.75) is 65.2 Å². The monoisotopic (exact) mass is 212 g/mol. The van der Waals surface area contributed by atoms with Gasteiger partial charge in [-0.2, -0.15) is 0 Å². The van der Waals surface area contributed by atoms with Gasteiger partial charge in [0.25, 0.3) is 0 Å². The van der Waals surface area contributed by atoms with Gasteiger partial charge in [-0.15, -0.1) is 0 Å². The Kier molecular flexibility index (Phi) is 4.62. The van der Waals surface area contributed by atoms with Crippen LogP contribution >= 0.6 is 0 Å². The lowest BCUT2D eigenvalue weighted by Crippen LogP contribution is -2.33. The van der Waals surface area contributed by atoms with Gasteiger partial charge in [-0.1, -0.05) is 46.0 Å². The van der Waals surface area contributed by atoms with Gasteiger partial charge in [-0.05, 0) is 25.2 Å². The molecule has 1 aliphatic carbocycles. The molecular weight excluding hydrogens is 188 g/mol. The van der Waals surface area contributed by atoms with Crippen molar-refractivity contribution in [3.05, 3.63) is 0 Å². The summed E-state index contributed by atoms with van der Waals surface area (Å²) in [5.74, 6) is 0.144. The Morgan fingerprint density at radius 2 is 1.87 bits per heavy atom. The maximum absolute atomic E-state index is 11.4. The lowest BCUT2D eigenvalue weighted by Gasteiger charge is -2.33. The maximum atomic E-state index is 11.4. The van der Waals surface area contributed by atoms with Gasteiger partial charge >= 0.3 is 5.97 Å².